The summed E-state index contributed by atoms with van der Waals surface area (Å²) in [6, 6.07) is 20.4. The first-order valence-corrected chi connectivity index (χ1v) is 9.75. The quantitative estimate of drug-likeness (QED) is 0.460. The molecule has 2 N–H and O–H groups in total. The fourth-order valence-electron chi connectivity index (χ4n) is 3.33. The number of anilines is 2. The van der Waals surface area contributed by atoms with Gasteiger partial charge in [-0.25, -0.2) is 9.37 Å². The number of carbonyl (C=O) groups is 2. The number of amides is 2. The van der Waals surface area contributed by atoms with Gasteiger partial charge in [0.15, 0.2) is 0 Å². The van der Waals surface area contributed by atoms with Crippen molar-refractivity contribution in [1.82, 2.24) is 4.98 Å². The maximum atomic E-state index is 13.2. The molecule has 0 radical (unpaired) electrons. The fourth-order valence-corrected chi connectivity index (χ4v) is 3.33. The number of nitrogens with one attached hydrogen (secondary N) is 2. The molecule has 5 nitrogen and oxygen atoms in total. The number of aromatic nitrogens is 1. The number of hydrogen-bond donors (Lipinski definition) is 2. The van der Waals surface area contributed by atoms with Crippen LogP contribution in [-0.2, 0) is 4.79 Å². The molecule has 0 aliphatic heterocycles. The number of hydrogen-bond acceptors (Lipinski definition) is 3. The summed E-state index contributed by atoms with van der Waals surface area (Å²) in [5.74, 6) is -0.819. The van der Waals surface area contributed by atoms with Crippen molar-refractivity contribution in [3.8, 4) is 11.3 Å². The molecule has 4 rings (SSSR count). The van der Waals surface area contributed by atoms with Crippen LogP contribution in [0.15, 0.2) is 72.8 Å². The third-order valence-corrected chi connectivity index (χ3v) is 4.81. The lowest BCUT2D eigenvalue weighted by Gasteiger charge is -2.12. The Morgan fingerprint density at radius 2 is 1.48 bits per heavy atom. The van der Waals surface area contributed by atoms with Crippen LogP contribution in [0, 0.1) is 12.7 Å². The zero-order chi connectivity index (χ0) is 22.0. The molecule has 3 aromatic carbocycles. The average Bonchev–Trinajstić information content (AvgIpc) is 2.74. The van der Waals surface area contributed by atoms with Crippen LogP contribution < -0.4 is 10.6 Å². The molecule has 0 aliphatic rings. The maximum absolute atomic E-state index is 13.2. The minimum Gasteiger partial charge on any atom is -0.326 e. The number of rotatable bonds is 4. The fraction of sp³-hybridized carbons (Fsp3) is 0.0800. The second-order valence-corrected chi connectivity index (χ2v) is 7.30. The summed E-state index contributed by atoms with van der Waals surface area (Å²) in [5.41, 5.74) is 4.81. The van der Waals surface area contributed by atoms with Gasteiger partial charge in [-0.05, 0) is 61.5 Å². The Labute approximate surface area is 178 Å². The lowest BCUT2D eigenvalue weighted by atomic mass is 10.0. The molecule has 2 amide bonds. The van der Waals surface area contributed by atoms with Crippen molar-refractivity contribution in [2.75, 3.05) is 10.6 Å². The minimum atomic E-state index is -0.368. The molecular weight excluding hydrogens is 393 g/mol. The maximum Gasteiger partial charge on any atom is 0.256 e. The van der Waals surface area contributed by atoms with Crippen molar-refractivity contribution >= 4 is 34.1 Å². The smallest absolute Gasteiger partial charge is 0.256 e. The van der Waals surface area contributed by atoms with Crippen molar-refractivity contribution in [2.45, 2.75) is 13.8 Å². The van der Waals surface area contributed by atoms with Gasteiger partial charge in [0, 0.05) is 29.2 Å². The Morgan fingerprint density at radius 3 is 2.16 bits per heavy atom. The number of nitrogens with zero attached hydrogens (tertiary/aromatic N) is 1. The van der Waals surface area contributed by atoms with E-state index < -0.39 is 0 Å². The van der Waals surface area contributed by atoms with Gasteiger partial charge in [0.1, 0.15) is 5.82 Å². The predicted molar refractivity (Wildman–Crippen MR) is 121 cm³/mol. The van der Waals surface area contributed by atoms with Gasteiger partial charge in [-0.15, -0.1) is 0 Å². The Balaban J connectivity index is 1.76. The predicted octanol–water partition coefficient (Wildman–Crippen LogP) is 5.56. The number of carbonyl (C=O) groups excluding carboxylic acids is 2. The van der Waals surface area contributed by atoms with Crippen LogP contribution in [0.4, 0.5) is 15.8 Å². The number of fused-ring (bicyclic) bond motifs is 1. The van der Waals surface area contributed by atoms with Crippen LogP contribution in [0.5, 0.6) is 0 Å². The van der Waals surface area contributed by atoms with Crippen LogP contribution in [0.3, 0.4) is 0 Å². The first-order valence-electron chi connectivity index (χ1n) is 9.75. The summed E-state index contributed by atoms with van der Waals surface area (Å²) in [6.07, 6.45) is 0. The normalized spacial score (nSPS) is 10.7. The first kappa shape index (κ1) is 20.2. The van der Waals surface area contributed by atoms with E-state index in [9.17, 15) is 14.0 Å². The van der Waals surface area contributed by atoms with E-state index in [1.807, 2.05) is 37.3 Å². The summed E-state index contributed by atoms with van der Waals surface area (Å²) in [4.78, 5) is 29.1. The topological polar surface area (TPSA) is 71.1 Å². The zero-order valence-corrected chi connectivity index (χ0v) is 17.1. The molecule has 0 atom stereocenters. The second kappa shape index (κ2) is 8.36. The van der Waals surface area contributed by atoms with E-state index in [1.165, 1.54) is 31.2 Å². The van der Waals surface area contributed by atoms with Crippen molar-refractivity contribution in [3.05, 3.63) is 89.7 Å². The molecule has 0 saturated heterocycles. The largest absolute Gasteiger partial charge is 0.326 e. The lowest BCUT2D eigenvalue weighted by molar-refractivity contribution is -0.114. The highest BCUT2D eigenvalue weighted by molar-refractivity contribution is 6.13. The molecule has 4 aromatic rings. The molecule has 31 heavy (non-hydrogen) atoms. The highest BCUT2D eigenvalue weighted by Crippen LogP contribution is 2.27. The van der Waals surface area contributed by atoms with E-state index >= 15 is 0 Å². The molecule has 1 heterocycles. The third kappa shape index (κ3) is 4.59. The number of halogens is 1. The molecule has 0 saturated carbocycles. The summed E-state index contributed by atoms with van der Waals surface area (Å²) in [6.45, 7) is 3.41. The number of aryl methyl sites for hydroxylation is 1. The van der Waals surface area contributed by atoms with Gasteiger partial charge in [-0.1, -0.05) is 23.8 Å². The Morgan fingerprint density at radius 1 is 0.839 bits per heavy atom. The summed E-state index contributed by atoms with van der Waals surface area (Å²) in [7, 11) is 0. The molecule has 6 heteroatoms. The highest BCUT2D eigenvalue weighted by atomic mass is 19.1. The van der Waals surface area contributed by atoms with E-state index in [0.717, 1.165) is 16.5 Å². The molecule has 1 aromatic heterocycles. The molecule has 0 spiro atoms. The first-order chi connectivity index (χ1) is 14.9. The minimum absolute atomic E-state index is 0.147. The summed E-state index contributed by atoms with van der Waals surface area (Å²) < 4.78 is 13.2. The Hall–Kier alpha value is -4.06. The van der Waals surface area contributed by atoms with Crippen molar-refractivity contribution in [3.63, 3.8) is 0 Å². The van der Waals surface area contributed by atoms with Gasteiger partial charge in [0.2, 0.25) is 5.91 Å². The van der Waals surface area contributed by atoms with Crippen LogP contribution in [0.1, 0.15) is 22.8 Å². The van der Waals surface area contributed by atoms with E-state index in [-0.39, 0.29) is 17.6 Å². The van der Waals surface area contributed by atoms with Gasteiger partial charge in [0.05, 0.1) is 16.8 Å². The van der Waals surface area contributed by atoms with Crippen LogP contribution in [0.25, 0.3) is 22.2 Å². The molecule has 154 valence electrons. The molecule has 0 aliphatic carbocycles. The van der Waals surface area contributed by atoms with Gasteiger partial charge >= 0.3 is 0 Å². The zero-order valence-electron chi connectivity index (χ0n) is 17.1. The van der Waals surface area contributed by atoms with Crippen LogP contribution in [-0.4, -0.2) is 16.8 Å². The van der Waals surface area contributed by atoms with Gasteiger partial charge in [-0.2, -0.15) is 0 Å². The molecular formula is C25H20FN3O2. The van der Waals surface area contributed by atoms with Gasteiger partial charge in [-0.3, -0.25) is 9.59 Å². The third-order valence-electron chi connectivity index (χ3n) is 4.81. The van der Waals surface area contributed by atoms with E-state index in [2.05, 4.69) is 10.6 Å². The van der Waals surface area contributed by atoms with E-state index in [0.29, 0.717) is 28.1 Å². The van der Waals surface area contributed by atoms with E-state index in [1.54, 1.807) is 18.2 Å². The standard InChI is InChI=1S/C25H20FN3O2/c1-15-3-12-23-21(13-15)22(25(31)28-20-10-6-18(26)7-11-20)14-24(29-23)17-4-8-19(9-5-17)27-16(2)30/h3-14H,1-2H3,(H,27,30)(H,28,31). The summed E-state index contributed by atoms with van der Waals surface area (Å²) in [5, 5.41) is 6.29. The molecule has 0 bridgehead atoms. The Kier molecular flexibility index (Phi) is 5.45. The second-order valence-electron chi connectivity index (χ2n) is 7.30. The monoisotopic (exact) mass is 413 g/mol. The van der Waals surface area contributed by atoms with Crippen LogP contribution >= 0.6 is 0 Å². The lowest BCUT2D eigenvalue weighted by Crippen LogP contribution is -2.13. The average molecular weight is 413 g/mol. The molecule has 0 unspecified atom stereocenters. The van der Waals surface area contributed by atoms with Crippen LogP contribution in [0.2, 0.25) is 0 Å². The van der Waals surface area contributed by atoms with Crippen molar-refractivity contribution in [2.24, 2.45) is 0 Å². The SMILES string of the molecule is CC(=O)Nc1ccc(-c2cc(C(=O)Nc3ccc(F)cc3)c3cc(C)ccc3n2)cc1. The van der Waals surface area contributed by atoms with Gasteiger partial charge in [0.25, 0.3) is 5.91 Å². The van der Waals surface area contributed by atoms with Crippen molar-refractivity contribution < 1.29 is 14.0 Å². The van der Waals surface area contributed by atoms with E-state index in [4.69, 9.17) is 4.98 Å². The molecule has 0 fully saturated rings. The summed E-state index contributed by atoms with van der Waals surface area (Å²) >= 11 is 0. The number of benzene rings is 3. The Bertz CT molecular complexity index is 1280. The number of pyridine rings is 1. The van der Waals surface area contributed by atoms with Crippen molar-refractivity contribution in [1.29, 1.82) is 0 Å². The van der Waals surface area contributed by atoms with Gasteiger partial charge < -0.3 is 10.6 Å². The highest BCUT2D eigenvalue weighted by Gasteiger charge is 2.15.